The highest BCUT2D eigenvalue weighted by Crippen LogP contribution is 2.34. The Morgan fingerprint density at radius 3 is 2.90 bits per heavy atom. The smallest absolute Gasteiger partial charge is 0.325 e. The lowest BCUT2D eigenvalue weighted by Crippen LogP contribution is -2.35. The minimum atomic E-state index is -0.648. The van der Waals surface area contributed by atoms with Gasteiger partial charge in [-0.15, -0.1) is 10.2 Å². The van der Waals surface area contributed by atoms with Gasteiger partial charge in [0.1, 0.15) is 12.1 Å². The van der Waals surface area contributed by atoms with Crippen molar-refractivity contribution in [2.45, 2.75) is 5.16 Å². The lowest BCUT2D eigenvalue weighted by atomic mass is 10.3. The molecule has 30 heavy (non-hydrogen) atoms. The normalized spacial score (nSPS) is 11.8. The molecule has 3 amide bonds. The molecule has 0 unspecified atom stereocenters. The number of thioether (sulfide) groups is 1. The summed E-state index contributed by atoms with van der Waals surface area (Å²) in [6, 6.07) is 11.7. The molecule has 11 heteroatoms. The van der Waals surface area contributed by atoms with E-state index >= 15 is 0 Å². The predicted molar refractivity (Wildman–Crippen MR) is 108 cm³/mol. The first-order valence-corrected chi connectivity index (χ1v) is 9.79. The Morgan fingerprint density at radius 2 is 2.03 bits per heavy atom. The van der Waals surface area contributed by atoms with Crippen LogP contribution < -0.4 is 24.8 Å². The molecular weight excluding hydrogens is 410 g/mol. The lowest BCUT2D eigenvalue weighted by molar-refractivity contribution is -0.117. The Hall–Kier alpha value is -3.73. The quantitative estimate of drug-likeness (QED) is 0.576. The molecule has 0 radical (unpaired) electrons. The molecule has 0 spiro atoms. The number of rotatable bonds is 6. The molecule has 154 valence electrons. The maximum atomic E-state index is 12.2. The molecule has 0 aliphatic carbocycles. The van der Waals surface area contributed by atoms with Crippen LogP contribution in [0.25, 0.3) is 5.69 Å². The third-order valence-electron chi connectivity index (χ3n) is 4.08. The van der Waals surface area contributed by atoms with Gasteiger partial charge in [-0.1, -0.05) is 23.9 Å². The monoisotopic (exact) mass is 427 g/mol. The summed E-state index contributed by atoms with van der Waals surface area (Å²) in [5, 5.41) is 13.3. The summed E-state index contributed by atoms with van der Waals surface area (Å²) in [6.07, 6.45) is 1.53. The van der Waals surface area contributed by atoms with Crippen molar-refractivity contribution in [3.05, 3.63) is 48.8 Å². The van der Waals surface area contributed by atoms with Gasteiger partial charge in [0.2, 0.25) is 12.7 Å². The van der Waals surface area contributed by atoms with Gasteiger partial charge in [0.25, 0.3) is 0 Å². The summed E-state index contributed by atoms with van der Waals surface area (Å²) >= 11 is 1.15. The fourth-order valence-corrected chi connectivity index (χ4v) is 3.47. The van der Waals surface area contributed by atoms with Crippen molar-refractivity contribution in [3.8, 4) is 22.9 Å². The van der Waals surface area contributed by atoms with E-state index in [2.05, 4.69) is 20.8 Å². The van der Waals surface area contributed by atoms with E-state index in [4.69, 9.17) is 14.2 Å². The molecule has 0 saturated carbocycles. The molecule has 1 aromatic heterocycles. The minimum Gasteiger partial charge on any atom is -0.495 e. The number of hydrogen-bond donors (Lipinski definition) is 2. The third-order valence-corrected chi connectivity index (χ3v) is 5.02. The zero-order valence-corrected chi connectivity index (χ0v) is 16.6. The van der Waals surface area contributed by atoms with Crippen LogP contribution >= 0.6 is 11.8 Å². The number of imide groups is 1. The number of nitrogens with zero attached hydrogens (tertiary/aromatic N) is 3. The number of amides is 3. The maximum Gasteiger partial charge on any atom is 0.325 e. The van der Waals surface area contributed by atoms with Gasteiger partial charge in [-0.25, -0.2) is 4.79 Å². The molecule has 1 aliphatic rings. The summed E-state index contributed by atoms with van der Waals surface area (Å²) in [5.41, 5.74) is 1.22. The van der Waals surface area contributed by atoms with E-state index in [9.17, 15) is 9.59 Å². The number of anilines is 1. The highest BCUT2D eigenvalue weighted by Gasteiger charge is 2.16. The minimum absolute atomic E-state index is 0.0254. The number of fused-ring (bicyclic) bond motifs is 1. The van der Waals surface area contributed by atoms with Crippen LogP contribution in [-0.4, -0.2) is 46.4 Å². The first-order valence-electron chi connectivity index (χ1n) is 8.81. The van der Waals surface area contributed by atoms with Crippen LogP contribution in [-0.2, 0) is 4.79 Å². The van der Waals surface area contributed by atoms with E-state index < -0.39 is 11.9 Å². The Labute approximate surface area is 175 Å². The molecule has 1 aliphatic heterocycles. The van der Waals surface area contributed by atoms with Crippen molar-refractivity contribution in [1.82, 2.24) is 20.1 Å². The van der Waals surface area contributed by atoms with E-state index in [1.807, 2.05) is 24.3 Å². The molecule has 0 bridgehead atoms. The molecule has 0 atom stereocenters. The van der Waals surface area contributed by atoms with Gasteiger partial charge in [-0.3, -0.25) is 14.7 Å². The standard InChI is InChI=1S/C19H17N5O5S/c1-27-14-5-3-2-4-13(14)24-10-20-23-19(24)30-9-17(25)22-18(26)21-12-6-7-15-16(8-12)29-11-28-15/h2-8,10H,9,11H2,1H3,(H2,21,22,25,26). The van der Waals surface area contributed by atoms with Crippen molar-refractivity contribution in [1.29, 1.82) is 0 Å². The van der Waals surface area contributed by atoms with E-state index in [0.717, 1.165) is 17.4 Å². The first kappa shape index (κ1) is 19.6. The van der Waals surface area contributed by atoms with Gasteiger partial charge in [0.05, 0.1) is 18.6 Å². The Balaban J connectivity index is 1.33. The molecule has 10 nitrogen and oxygen atoms in total. The molecule has 2 heterocycles. The summed E-state index contributed by atoms with van der Waals surface area (Å²) < 4.78 is 17.5. The number of carbonyl (C=O) groups excluding carboxylic acids is 2. The number of para-hydroxylation sites is 2. The molecule has 4 rings (SSSR count). The van der Waals surface area contributed by atoms with Gasteiger partial charge in [0.15, 0.2) is 16.7 Å². The van der Waals surface area contributed by atoms with Crippen LogP contribution in [0.5, 0.6) is 17.2 Å². The van der Waals surface area contributed by atoms with Crippen molar-refractivity contribution in [2.75, 3.05) is 25.0 Å². The lowest BCUT2D eigenvalue weighted by Gasteiger charge is -2.10. The summed E-state index contributed by atoms with van der Waals surface area (Å²) in [6.45, 7) is 0.139. The van der Waals surface area contributed by atoms with E-state index in [-0.39, 0.29) is 12.5 Å². The zero-order chi connectivity index (χ0) is 20.9. The van der Waals surface area contributed by atoms with Crippen molar-refractivity contribution < 1.29 is 23.8 Å². The Kier molecular flexibility index (Phi) is 5.70. The molecule has 0 saturated heterocycles. The number of benzene rings is 2. The topological polar surface area (TPSA) is 117 Å². The number of hydrogen-bond acceptors (Lipinski definition) is 8. The van der Waals surface area contributed by atoms with Crippen LogP contribution in [0.4, 0.5) is 10.5 Å². The Bertz CT molecular complexity index is 1090. The van der Waals surface area contributed by atoms with Gasteiger partial charge >= 0.3 is 6.03 Å². The molecular formula is C19H17N5O5S. The number of urea groups is 1. The van der Waals surface area contributed by atoms with Crippen molar-refractivity contribution in [2.24, 2.45) is 0 Å². The number of methoxy groups -OCH3 is 1. The second-order valence-corrected chi connectivity index (χ2v) is 6.96. The van der Waals surface area contributed by atoms with Gasteiger partial charge in [0, 0.05) is 11.8 Å². The highest BCUT2D eigenvalue weighted by molar-refractivity contribution is 7.99. The molecule has 3 aromatic rings. The zero-order valence-electron chi connectivity index (χ0n) is 15.8. The van der Waals surface area contributed by atoms with E-state index in [1.165, 1.54) is 6.33 Å². The SMILES string of the molecule is COc1ccccc1-n1cnnc1SCC(=O)NC(=O)Nc1ccc2c(c1)OCO2. The average molecular weight is 427 g/mol. The van der Waals surface area contributed by atoms with Crippen LogP contribution in [0.1, 0.15) is 0 Å². The second kappa shape index (κ2) is 8.74. The van der Waals surface area contributed by atoms with Crippen LogP contribution in [0.2, 0.25) is 0 Å². The van der Waals surface area contributed by atoms with E-state index in [1.54, 1.807) is 29.9 Å². The van der Waals surface area contributed by atoms with E-state index in [0.29, 0.717) is 28.1 Å². The number of carbonyl (C=O) groups is 2. The summed E-state index contributed by atoms with van der Waals surface area (Å²) in [4.78, 5) is 24.3. The van der Waals surface area contributed by atoms with Gasteiger partial charge in [-0.05, 0) is 24.3 Å². The van der Waals surface area contributed by atoms with Crippen LogP contribution in [0, 0.1) is 0 Å². The molecule has 2 aromatic carbocycles. The average Bonchev–Trinajstić information content (AvgIpc) is 3.41. The largest absolute Gasteiger partial charge is 0.495 e. The molecule has 2 N–H and O–H groups in total. The predicted octanol–water partition coefficient (Wildman–Crippen LogP) is 2.45. The third kappa shape index (κ3) is 4.30. The number of ether oxygens (including phenoxy) is 3. The second-order valence-electron chi connectivity index (χ2n) is 6.01. The Morgan fingerprint density at radius 1 is 1.20 bits per heavy atom. The fraction of sp³-hybridized carbons (Fsp3) is 0.158. The van der Waals surface area contributed by atoms with Gasteiger partial charge < -0.3 is 19.5 Å². The van der Waals surface area contributed by atoms with Crippen molar-refractivity contribution in [3.63, 3.8) is 0 Å². The molecule has 0 fully saturated rings. The maximum absolute atomic E-state index is 12.2. The van der Waals surface area contributed by atoms with Crippen LogP contribution in [0.3, 0.4) is 0 Å². The van der Waals surface area contributed by atoms with Gasteiger partial charge in [-0.2, -0.15) is 0 Å². The number of nitrogens with one attached hydrogen (secondary N) is 2. The first-order chi connectivity index (χ1) is 14.6. The van der Waals surface area contributed by atoms with Crippen molar-refractivity contribution >= 4 is 29.4 Å². The number of aromatic nitrogens is 3. The van der Waals surface area contributed by atoms with Crippen LogP contribution in [0.15, 0.2) is 53.9 Å². The fourth-order valence-electron chi connectivity index (χ4n) is 2.75. The summed E-state index contributed by atoms with van der Waals surface area (Å²) in [5.74, 6) is 1.28. The summed E-state index contributed by atoms with van der Waals surface area (Å²) in [7, 11) is 1.57. The highest BCUT2D eigenvalue weighted by atomic mass is 32.2.